The lowest BCUT2D eigenvalue weighted by Crippen LogP contribution is -2.19. The van der Waals surface area contributed by atoms with Gasteiger partial charge in [0.1, 0.15) is 11.6 Å². The quantitative estimate of drug-likeness (QED) is 0.762. The first-order valence-corrected chi connectivity index (χ1v) is 6.52. The SMILES string of the molecule is Fc1ccc2nc(CCl)n(CC3CCC3)c2c1. The summed E-state index contributed by atoms with van der Waals surface area (Å²) in [5, 5.41) is 0. The maximum absolute atomic E-state index is 13.3. The maximum Gasteiger partial charge on any atom is 0.125 e. The molecule has 0 radical (unpaired) electrons. The molecular formula is C13H14ClFN2. The van der Waals surface area contributed by atoms with E-state index in [0.29, 0.717) is 11.8 Å². The van der Waals surface area contributed by atoms with Crippen molar-refractivity contribution in [2.45, 2.75) is 31.7 Å². The predicted molar refractivity (Wildman–Crippen MR) is 66.6 cm³/mol. The molecule has 1 aliphatic carbocycles. The fraction of sp³-hybridized carbons (Fsp3) is 0.462. The molecule has 1 aromatic carbocycles. The monoisotopic (exact) mass is 252 g/mol. The molecule has 1 aromatic heterocycles. The summed E-state index contributed by atoms with van der Waals surface area (Å²) in [5.74, 6) is 1.72. The van der Waals surface area contributed by atoms with Gasteiger partial charge in [-0.05, 0) is 37.0 Å². The number of halogens is 2. The second-order valence-electron chi connectivity index (χ2n) is 4.70. The number of aromatic nitrogens is 2. The van der Waals surface area contributed by atoms with Crippen LogP contribution in [-0.2, 0) is 12.4 Å². The summed E-state index contributed by atoms with van der Waals surface area (Å²) in [6.45, 7) is 0.919. The number of imidazole rings is 1. The third-order valence-electron chi connectivity index (χ3n) is 3.57. The Bertz CT molecular complexity index is 546. The van der Waals surface area contributed by atoms with Crippen molar-refractivity contribution in [3.63, 3.8) is 0 Å². The average Bonchev–Trinajstić information content (AvgIpc) is 2.61. The van der Waals surface area contributed by atoms with E-state index in [0.717, 1.165) is 23.4 Å². The molecule has 90 valence electrons. The standard InChI is InChI=1S/C13H14ClFN2/c14-7-13-16-11-5-4-10(15)6-12(11)17(13)8-9-2-1-3-9/h4-6,9H,1-3,7-8H2. The number of hydrogen-bond acceptors (Lipinski definition) is 1. The molecule has 1 saturated carbocycles. The number of alkyl halides is 1. The van der Waals surface area contributed by atoms with E-state index < -0.39 is 0 Å². The lowest BCUT2D eigenvalue weighted by molar-refractivity contribution is 0.277. The Kier molecular flexibility index (Phi) is 2.79. The third-order valence-corrected chi connectivity index (χ3v) is 3.81. The van der Waals surface area contributed by atoms with Crippen molar-refractivity contribution >= 4 is 22.6 Å². The first kappa shape index (κ1) is 11.0. The Hall–Kier alpha value is -1.09. The molecule has 1 fully saturated rings. The first-order chi connectivity index (χ1) is 8.28. The second kappa shape index (κ2) is 4.30. The van der Waals surface area contributed by atoms with Gasteiger partial charge < -0.3 is 4.57 Å². The zero-order chi connectivity index (χ0) is 11.8. The van der Waals surface area contributed by atoms with Crippen LogP contribution >= 0.6 is 11.6 Å². The van der Waals surface area contributed by atoms with E-state index in [2.05, 4.69) is 9.55 Å². The molecule has 0 unspecified atom stereocenters. The number of hydrogen-bond donors (Lipinski definition) is 0. The molecule has 2 nitrogen and oxygen atoms in total. The smallest absolute Gasteiger partial charge is 0.125 e. The van der Waals surface area contributed by atoms with Gasteiger partial charge in [0.05, 0.1) is 16.9 Å². The topological polar surface area (TPSA) is 17.8 Å². The largest absolute Gasteiger partial charge is 0.327 e. The molecule has 0 amide bonds. The summed E-state index contributed by atoms with van der Waals surface area (Å²) in [6.07, 6.45) is 3.83. The summed E-state index contributed by atoms with van der Waals surface area (Å²) in [6, 6.07) is 4.72. The minimum Gasteiger partial charge on any atom is -0.327 e. The zero-order valence-electron chi connectivity index (χ0n) is 9.50. The highest BCUT2D eigenvalue weighted by atomic mass is 35.5. The van der Waals surface area contributed by atoms with E-state index in [1.165, 1.54) is 25.3 Å². The minimum absolute atomic E-state index is 0.214. The van der Waals surface area contributed by atoms with Gasteiger partial charge in [0.25, 0.3) is 0 Å². The van der Waals surface area contributed by atoms with Crippen molar-refractivity contribution in [2.75, 3.05) is 0 Å². The summed E-state index contributed by atoms with van der Waals surface area (Å²) in [4.78, 5) is 4.45. The van der Waals surface area contributed by atoms with E-state index in [4.69, 9.17) is 11.6 Å². The molecule has 0 aliphatic heterocycles. The Morgan fingerprint density at radius 2 is 2.24 bits per heavy atom. The number of nitrogens with zero attached hydrogens (tertiary/aromatic N) is 2. The molecule has 1 aliphatic rings. The van der Waals surface area contributed by atoms with Crippen LogP contribution in [-0.4, -0.2) is 9.55 Å². The highest BCUT2D eigenvalue weighted by Gasteiger charge is 2.20. The molecule has 0 N–H and O–H groups in total. The molecule has 0 spiro atoms. The fourth-order valence-electron chi connectivity index (χ4n) is 2.39. The van der Waals surface area contributed by atoms with Crippen LogP contribution in [0.5, 0.6) is 0 Å². The summed E-state index contributed by atoms with van der Waals surface area (Å²) in [5.41, 5.74) is 1.70. The Labute approximate surface area is 104 Å². The van der Waals surface area contributed by atoms with Crippen molar-refractivity contribution in [2.24, 2.45) is 5.92 Å². The molecule has 3 rings (SSSR count). The molecule has 17 heavy (non-hydrogen) atoms. The van der Waals surface area contributed by atoms with Crippen LogP contribution in [0.1, 0.15) is 25.1 Å². The van der Waals surface area contributed by atoms with E-state index in [9.17, 15) is 4.39 Å². The second-order valence-corrected chi connectivity index (χ2v) is 4.97. The van der Waals surface area contributed by atoms with Crippen LogP contribution in [0, 0.1) is 11.7 Å². The average molecular weight is 253 g/mol. The summed E-state index contributed by atoms with van der Waals surface area (Å²) in [7, 11) is 0. The molecule has 2 aromatic rings. The highest BCUT2D eigenvalue weighted by molar-refractivity contribution is 6.16. The van der Waals surface area contributed by atoms with Gasteiger partial charge in [0, 0.05) is 6.54 Å². The predicted octanol–water partition coefficient (Wildman–Crippen LogP) is 3.71. The van der Waals surface area contributed by atoms with Crippen LogP contribution in [0.3, 0.4) is 0 Å². The van der Waals surface area contributed by atoms with Crippen LogP contribution in [0.15, 0.2) is 18.2 Å². The number of benzene rings is 1. The zero-order valence-corrected chi connectivity index (χ0v) is 10.3. The van der Waals surface area contributed by atoms with Crippen LogP contribution in [0.2, 0.25) is 0 Å². The third kappa shape index (κ3) is 1.93. The Balaban J connectivity index is 2.07. The lowest BCUT2D eigenvalue weighted by atomic mass is 9.85. The normalized spacial score (nSPS) is 16.4. The Morgan fingerprint density at radius 1 is 1.41 bits per heavy atom. The van der Waals surface area contributed by atoms with Gasteiger partial charge in [-0.3, -0.25) is 0 Å². The fourth-order valence-corrected chi connectivity index (χ4v) is 2.59. The Morgan fingerprint density at radius 3 is 2.88 bits per heavy atom. The van der Waals surface area contributed by atoms with Gasteiger partial charge in [-0.1, -0.05) is 6.42 Å². The lowest BCUT2D eigenvalue weighted by Gasteiger charge is -2.26. The maximum atomic E-state index is 13.3. The van der Waals surface area contributed by atoms with Crippen LogP contribution in [0.25, 0.3) is 11.0 Å². The van der Waals surface area contributed by atoms with E-state index >= 15 is 0 Å². The van der Waals surface area contributed by atoms with E-state index in [1.54, 1.807) is 12.1 Å². The van der Waals surface area contributed by atoms with Crippen molar-refractivity contribution < 1.29 is 4.39 Å². The minimum atomic E-state index is -0.214. The summed E-state index contributed by atoms with van der Waals surface area (Å²) >= 11 is 5.91. The van der Waals surface area contributed by atoms with Crippen molar-refractivity contribution in [1.29, 1.82) is 0 Å². The number of rotatable bonds is 3. The molecule has 1 heterocycles. The van der Waals surface area contributed by atoms with Gasteiger partial charge in [-0.2, -0.15) is 0 Å². The van der Waals surface area contributed by atoms with Gasteiger partial charge in [-0.25, -0.2) is 9.37 Å². The van der Waals surface area contributed by atoms with Crippen molar-refractivity contribution in [1.82, 2.24) is 9.55 Å². The number of fused-ring (bicyclic) bond motifs is 1. The first-order valence-electron chi connectivity index (χ1n) is 5.98. The molecule has 0 bridgehead atoms. The van der Waals surface area contributed by atoms with Gasteiger partial charge in [0.2, 0.25) is 0 Å². The molecule has 4 heteroatoms. The van der Waals surface area contributed by atoms with Crippen LogP contribution in [0.4, 0.5) is 4.39 Å². The molecule has 0 atom stereocenters. The van der Waals surface area contributed by atoms with Crippen molar-refractivity contribution in [3.8, 4) is 0 Å². The van der Waals surface area contributed by atoms with Gasteiger partial charge in [0.15, 0.2) is 0 Å². The van der Waals surface area contributed by atoms with E-state index in [-0.39, 0.29) is 5.82 Å². The van der Waals surface area contributed by atoms with Crippen molar-refractivity contribution in [3.05, 3.63) is 29.8 Å². The van der Waals surface area contributed by atoms with Gasteiger partial charge >= 0.3 is 0 Å². The molecular weight excluding hydrogens is 239 g/mol. The van der Waals surface area contributed by atoms with Crippen LogP contribution < -0.4 is 0 Å². The highest BCUT2D eigenvalue weighted by Crippen LogP contribution is 2.30. The van der Waals surface area contributed by atoms with E-state index in [1.807, 2.05) is 0 Å². The molecule has 0 saturated heterocycles. The summed E-state index contributed by atoms with van der Waals surface area (Å²) < 4.78 is 15.4. The van der Waals surface area contributed by atoms with Gasteiger partial charge in [-0.15, -0.1) is 11.6 Å².